The number of guanidine groups is 1. The Balaban J connectivity index is 0.000000177. The minimum atomic E-state index is -1.18. The van der Waals surface area contributed by atoms with Gasteiger partial charge in [0, 0.05) is 150 Å². The van der Waals surface area contributed by atoms with Crippen LogP contribution in [0, 0.1) is 64.6 Å². The van der Waals surface area contributed by atoms with Crippen LogP contribution in [0.1, 0.15) is 87.5 Å². The average molecular weight is 1610 g/mol. The van der Waals surface area contributed by atoms with Gasteiger partial charge in [-0.05, 0) is 58.9 Å². The molecule has 0 radical (unpaired) electrons. The van der Waals surface area contributed by atoms with E-state index in [0.29, 0.717) is 68.5 Å². The summed E-state index contributed by atoms with van der Waals surface area (Å²) in [4.78, 5) is 152. The SMILES string of the molecule is C.C[C@@H](CC(=O)Cn1cnnn1)[C@H]1C(=O)N2C(C(=O)O)=C(S[C@@H]3CNC(C(=O)N4CC(N)C(CO)C4)C3)[C@H](C)[C@H]12.C[C@@H](CC(=O)Cn1cnnn1)[C@H]1C(=O)N2C(C(=O)O)=C(S[C@@H]3CN[C@H](CN=C(N)N)C3)[C@H](C)[C@H]12.C[C@@H](NC(=O)CN)[C@H]1C(=O)N2C(C(=O)O)=C(S[C@@H]3CN[C@H](C(=O)N4C[C@@H](CC(=N)N)[C@H](O)C4)C3)[C@H](C)[C@H]12. The number of ketones is 2. The summed E-state index contributed by atoms with van der Waals surface area (Å²) < 4.78 is 2.68. The van der Waals surface area contributed by atoms with E-state index >= 15 is 0 Å². The summed E-state index contributed by atoms with van der Waals surface area (Å²) in [7, 11) is 0. The molecule has 608 valence electrons. The van der Waals surface area contributed by atoms with E-state index in [-0.39, 0.29) is 223 Å². The highest BCUT2D eigenvalue weighted by Gasteiger charge is 2.64. The van der Waals surface area contributed by atoms with Gasteiger partial charge in [-0.25, -0.2) is 23.7 Å². The van der Waals surface area contributed by atoms with Gasteiger partial charge >= 0.3 is 17.9 Å². The number of aromatic nitrogens is 8. The quantitative estimate of drug-likeness (QED) is 0.0207. The number of aliphatic hydroxyl groups is 2. The number of carboxylic acid groups (broad SMARTS) is 3. The molecular weight excluding hydrogens is 1510 g/mol. The number of hydrogen-bond acceptors (Lipinski definition) is 29. The number of tetrazole rings is 2. The molecule has 6 amide bonds. The molecule has 2 aromatic heterocycles. The number of Topliss-reactive ketones (excluding diaryl/α,β-unsaturated/α-hetero) is 2. The number of nitrogens with zero attached hydrogens (tertiary/aromatic N) is 14. The van der Waals surface area contributed by atoms with Crippen LogP contribution in [0.4, 0.5) is 0 Å². The van der Waals surface area contributed by atoms with E-state index < -0.39 is 59.9 Å². The maximum atomic E-state index is 13.2. The van der Waals surface area contributed by atoms with E-state index in [1.165, 1.54) is 72.0 Å². The fourth-order valence-corrected chi connectivity index (χ4v) is 22.0. The molecule has 11 aliphatic heterocycles. The summed E-state index contributed by atoms with van der Waals surface area (Å²) >= 11 is 4.32. The second kappa shape index (κ2) is 35.6. The van der Waals surface area contributed by atoms with Crippen LogP contribution in [0.15, 0.2) is 49.5 Å². The first kappa shape index (κ1) is 84.9. The third-order valence-corrected chi connectivity index (χ3v) is 27.4. The maximum Gasteiger partial charge on any atom is 0.353 e. The van der Waals surface area contributed by atoms with E-state index in [4.69, 9.17) is 34.1 Å². The van der Waals surface area contributed by atoms with Gasteiger partial charge in [0.25, 0.3) is 0 Å². The number of carbonyl (C=O) groups is 11. The molecule has 3 unspecified atom stereocenters. The second-order valence-corrected chi connectivity index (χ2v) is 34.5. The van der Waals surface area contributed by atoms with Gasteiger partial charge in [-0.3, -0.25) is 48.8 Å². The number of β-lactam (4-membered cyclic amide) rings is 3. The van der Waals surface area contributed by atoms with Gasteiger partial charge in [-0.15, -0.1) is 45.5 Å². The first-order valence-corrected chi connectivity index (χ1v) is 39.4. The topological polar surface area (TPSA) is 607 Å². The van der Waals surface area contributed by atoms with Crippen molar-refractivity contribution < 1.29 is 78.3 Å². The van der Waals surface area contributed by atoms with Crippen molar-refractivity contribution in [1.29, 1.82) is 5.41 Å². The van der Waals surface area contributed by atoms with Gasteiger partial charge in [0.1, 0.15) is 42.8 Å². The molecule has 40 nitrogen and oxygen atoms in total. The van der Waals surface area contributed by atoms with Crippen molar-refractivity contribution in [3.05, 3.63) is 44.5 Å². The van der Waals surface area contributed by atoms with Crippen molar-refractivity contribution in [1.82, 2.24) is 86.2 Å². The van der Waals surface area contributed by atoms with E-state index in [2.05, 4.69) is 57.3 Å². The molecule has 8 saturated heterocycles. The highest BCUT2D eigenvalue weighted by atomic mass is 32.2. The molecule has 2 aromatic rings. The number of rotatable bonds is 29. The summed E-state index contributed by atoms with van der Waals surface area (Å²) in [6.07, 6.45) is 4.36. The van der Waals surface area contributed by atoms with Crippen LogP contribution in [0.3, 0.4) is 0 Å². The molecule has 0 spiro atoms. The fourth-order valence-electron chi connectivity index (χ4n) is 17.6. The lowest BCUT2D eigenvalue weighted by molar-refractivity contribution is -0.160. The molecule has 111 heavy (non-hydrogen) atoms. The van der Waals surface area contributed by atoms with E-state index in [1.54, 1.807) is 16.7 Å². The molecule has 13 heterocycles. The predicted octanol–water partition coefficient (Wildman–Crippen LogP) is -4.47. The summed E-state index contributed by atoms with van der Waals surface area (Å²) in [6, 6.07) is -2.45. The number of amides is 6. The number of nitrogens with two attached hydrogens (primary N) is 5. The highest BCUT2D eigenvalue weighted by molar-refractivity contribution is 8.04. The number of carboxylic acids is 3. The zero-order valence-corrected chi connectivity index (χ0v) is 64.1. The number of carbonyl (C=O) groups excluding carboxylic acids is 8. The Morgan fingerprint density at radius 3 is 1.44 bits per heavy atom. The predicted molar refractivity (Wildman–Crippen MR) is 402 cm³/mol. The Hall–Kier alpha value is -8.56. The monoisotopic (exact) mass is 1610 g/mol. The zero-order chi connectivity index (χ0) is 79.8. The molecule has 22 atom stereocenters. The number of amidine groups is 1. The van der Waals surface area contributed by atoms with Crippen molar-refractivity contribution in [3.8, 4) is 0 Å². The molecule has 0 bridgehead atoms. The van der Waals surface area contributed by atoms with Crippen molar-refractivity contribution >= 4 is 112 Å². The van der Waals surface area contributed by atoms with Gasteiger partial charge in [-0.1, -0.05) is 42.0 Å². The number of likely N-dealkylation sites (tertiary alicyclic amines) is 2. The van der Waals surface area contributed by atoms with Crippen LogP contribution < -0.4 is 49.9 Å². The molecule has 20 N–H and O–H groups in total. The fraction of sp³-hybridized carbons (Fsp3) is 0.691. The minimum Gasteiger partial charge on any atom is -0.477 e. The lowest BCUT2D eigenvalue weighted by Gasteiger charge is -2.47. The lowest BCUT2D eigenvalue weighted by Crippen LogP contribution is -2.66. The van der Waals surface area contributed by atoms with Gasteiger partial charge in [0.2, 0.25) is 35.4 Å². The molecule has 43 heteroatoms. The molecule has 8 fully saturated rings. The van der Waals surface area contributed by atoms with Gasteiger partial charge < -0.3 is 100.0 Å². The molecule has 11 aliphatic rings. The third kappa shape index (κ3) is 17.8. The summed E-state index contributed by atoms with van der Waals surface area (Å²) in [5.41, 5.74) is 27.8. The Bertz CT molecular complexity index is 4030. The number of aliphatic carboxylic acids is 3. The molecule has 0 aromatic carbocycles. The van der Waals surface area contributed by atoms with Crippen molar-refractivity contribution in [2.75, 3.05) is 65.5 Å². The number of β-amino-alcohol motifs (C(OH)–C–C–N with tert-alkyl or cyclic N) is 1. The number of fused-ring (bicyclic) bond motifs is 3. The number of nitrogens with one attached hydrogen (secondary N) is 5. The van der Waals surface area contributed by atoms with Gasteiger partial charge in [0.15, 0.2) is 17.5 Å². The normalized spacial score (nSPS) is 31.7. The maximum absolute atomic E-state index is 13.2. The third-order valence-electron chi connectivity index (χ3n) is 22.8. The molecule has 13 rings (SSSR count). The van der Waals surface area contributed by atoms with Crippen molar-refractivity contribution in [2.45, 2.75) is 171 Å². The Kier molecular flexibility index (Phi) is 27.3. The van der Waals surface area contributed by atoms with Crippen molar-refractivity contribution in [3.63, 3.8) is 0 Å². The number of aliphatic imine (C=N–C) groups is 1. The van der Waals surface area contributed by atoms with Gasteiger partial charge in [0.05, 0.1) is 73.0 Å². The number of aliphatic hydroxyl groups excluding tert-OH is 2. The molecular formula is C68H102N24O16S3. The van der Waals surface area contributed by atoms with E-state index in [0.717, 1.165) is 11.3 Å². The zero-order valence-electron chi connectivity index (χ0n) is 61.7. The van der Waals surface area contributed by atoms with Crippen LogP contribution in [0.2, 0.25) is 0 Å². The van der Waals surface area contributed by atoms with E-state index in [9.17, 15) is 78.3 Å². The standard InChI is InChI=1S/C24H34N8O6S.C23H35N7O6S.C20H29N9O4S.CH4/c1-11(3-14(34)7-31-10-27-28-29-31)18-19-12(2)21(20(24(37)38)32(19)23(18)36)39-15-4-17(26-5-15)22(35)30-6-13(9-33)16(25)8-30;1-9-18-17(10(2)28-16(32)5-24)22(34)30(18)19(23(35)36)20(9)37-12-4-13(27-6-12)21(33)29-7-11(3-15(25)26)14(31)8-29;1-9(3-12(30)7-28-8-25-26-27-28)14-15-10(2)17(16(19(32)33)29(15)18(14)31)34-13-4-11(23-6-13)5-24-20(21)22;/h10-13,15-19,26,33H,3-9,25H2,1-2H3,(H,37,38);9-14,17-18,27,31H,3-8,24H2,1-2H3,(H3,25,26)(H,28,32)(H,35,36);8-11,13-15,23H,3-7H2,1-2H3,(H,32,33)(H4,21,22,24);1H4/t11-,12+,13?,15-,16?,17?,18+,19+;9-,10-,11-,12+,13+,14-,17-,18-;9-,10+,11-,13-,14+,15+;/m010./s1. The first-order valence-electron chi connectivity index (χ1n) is 36.8. The highest BCUT2D eigenvalue weighted by Crippen LogP contribution is 2.56. The molecule has 0 aliphatic carbocycles. The Morgan fingerprint density at radius 2 is 1.05 bits per heavy atom. The summed E-state index contributed by atoms with van der Waals surface area (Å²) in [5, 5.41) is 91.1. The van der Waals surface area contributed by atoms with E-state index in [1.807, 2.05) is 34.6 Å². The smallest absolute Gasteiger partial charge is 0.353 e. The largest absolute Gasteiger partial charge is 0.477 e. The number of hydrogen-bond donors (Lipinski definition) is 15. The van der Waals surface area contributed by atoms with Crippen LogP contribution in [0.25, 0.3) is 0 Å². The lowest BCUT2D eigenvalue weighted by atomic mass is 9.73. The summed E-state index contributed by atoms with van der Waals surface area (Å²) in [6.45, 7) is 14.5. The minimum absolute atomic E-state index is 0. The van der Waals surface area contributed by atoms with Gasteiger partial charge in [-0.2, -0.15) is 0 Å². The summed E-state index contributed by atoms with van der Waals surface area (Å²) in [5.74, 6) is -7.90. The van der Waals surface area contributed by atoms with Crippen LogP contribution >= 0.6 is 35.3 Å². The van der Waals surface area contributed by atoms with Crippen LogP contribution in [-0.2, 0) is 65.8 Å². The number of thioether (sulfide) groups is 3. The molecule has 0 saturated carbocycles. The Morgan fingerprint density at radius 1 is 0.631 bits per heavy atom. The second-order valence-electron chi connectivity index (χ2n) is 30.5. The van der Waals surface area contributed by atoms with Crippen molar-refractivity contribution in [2.24, 2.45) is 92.8 Å². The van der Waals surface area contributed by atoms with Crippen LogP contribution in [-0.4, -0.2) is 303 Å². The Labute approximate surface area is 652 Å². The first-order chi connectivity index (χ1) is 52.2. The van der Waals surface area contributed by atoms with Crippen LogP contribution in [0.5, 0.6) is 0 Å². The average Bonchev–Trinajstić information content (AvgIpc) is 1.21.